The molecule has 32 heavy (non-hydrogen) atoms. The van der Waals surface area contributed by atoms with Crippen LogP contribution in [0.3, 0.4) is 0 Å². The van der Waals surface area contributed by atoms with Gasteiger partial charge >= 0.3 is 5.97 Å². The highest BCUT2D eigenvalue weighted by molar-refractivity contribution is 5.86. The molecule has 0 unspecified atom stereocenters. The number of unbranched alkanes of at least 4 members (excludes halogenated alkanes) is 10. The Hall–Kier alpha value is -2.65. The lowest BCUT2D eigenvalue weighted by Crippen LogP contribution is -2.05. The maximum atomic E-state index is 11.2. The number of rotatable bonds is 16. The van der Waals surface area contributed by atoms with Gasteiger partial charge in [0, 0.05) is 17.6 Å². The van der Waals surface area contributed by atoms with Crippen LogP contribution in [0.4, 0.5) is 0 Å². The van der Waals surface area contributed by atoms with Crippen LogP contribution in [0.2, 0.25) is 0 Å². The number of esters is 1. The molecule has 3 heteroatoms. The maximum Gasteiger partial charge on any atom is 0.333 e. The van der Waals surface area contributed by atoms with Crippen molar-refractivity contribution in [3.8, 4) is 29.4 Å². The van der Waals surface area contributed by atoms with Gasteiger partial charge in [-0.25, -0.2) is 4.79 Å². The number of hydrogen-bond donors (Lipinski definition) is 0. The first-order valence-electron chi connectivity index (χ1n) is 12.2. The third-order valence-electron chi connectivity index (χ3n) is 5.01. The van der Waals surface area contributed by atoms with Gasteiger partial charge in [0.25, 0.3) is 0 Å². The van der Waals surface area contributed by atoms with E-state index in [1.165, 1.54) is 44.9 Å². The summed E-state index contributed by atoms with van der Waals surface area (Å²) in [4.78, 5) is 11.2. The smallest absolute Gasteiger partial charge is 0.333 e. The van der Waals surface area contributed by atoms with Crippen LogP contribution >= 0.6 is 0 Å². The first kappa shape index (κ1) is 27.4. The lowest BCUT2D eigenvalue weighted by molar-refractivity contribution is -0.139. The van der Waals surface area contributed by atoms with Crippen LogP contribution in [0.25, 0.3) is 0 Å². The number of carbonyl (C=O) groups is 1. The fraction of sp³-hybridized carbons (Fsp3) is 0.552. The molecule has 0 saturated heterocycles. The van der Waals surface area contributed by atoms with E-state index >= 15 is 0 Å². The SMILES string of the molecule is C=C(C)C(=O)OCCCCCCCCCCCOc1ccc(C#CC#CCCCC)cc1. The molecule has 0 aliphatic heterocycles. The molecular weight excluding hydrogens is 396 g/mol. The molecule has 0 bridgehead atoms. The average molecular weight is 437 g/mol. The van der Waals surface area contributed by atoms with E-state index in [1.807, 2.05) is 24.3 Å². The molecule has 1 aromatic carbocycles. The predicted octanol–water partition coefficient (Wildman–Crippen LogP) is 7.24. The summed E-state index contributed by atoms with van der Waals surface area (Å²) in [7, 11) is 0. The molecule has 0 aliphatic carbocycles. The van der Waals surface area contributed by atoms with Gasteiger partial charge in [-0.15, -0.1) is 0 Å². The van der Waals surface area contributed by atoms with Gasteiger partial charge in [-0.1, -0.05) is 76.7 Å². The van der Waals surface area contributed by atoms with Crippen molar-refractivity contribution in [2.45, 2.75) is 90.9 Å². The van der Waals surface area contributed by atoms with E-state index in [0.717, 1.165) is 50.0 Å². The molecule has 0 radical (unpaired) electrons. The minimum absolute atomic E-state index is 0.279. The van der Waals surface area contributed by atoms with Gasteiger partial charge in [0.1, 0.15) is 5.75 Å². The Morgan fingerprint density at radius 2 is 1.44 bits per heavy atom. The number of hydrogen-bond acceptors (Lipinski definition) is 3. The normalized spacial score (nSPS) is 9.81. The van der Waals surface area contributed by atoms with Crippen LogP contribution in [0.15, 0.2) is 36.4 Å². The number of carbonyl (C=O) groups excluding carboxylic acids is 1. The summed E-state index contributed by atoms with van der Waals surface area (Å²) in [5.74, 6) is 12.6. The summed E-state index contributed by atoms with van der Waals surface area (Å²) in [5, 5.41) is 0. The molecule has 3 nitrogen and oxygen atoms in total. The van der Waals surface area contributed by atoms with Crippen molar-refractivity contribution in [1.82, 2.24) is 0 Å². The molecule has 1 rings (SSSR count). The molecule has 1 aromatic rings. The van der Waals surface area contributed by atoms with Crippen molar-refractivity contribution in [2.24, 2.45) is 0 Å². The first-order chi connectivity index (χ1) is 15.6. The van der Waals surface area contributed by atoms with Gasteiger partial charge in [0.05, 0.1) is 13.2 Å². The van der Waals surface area contributed by atoms with Gasteiger partial charge in [0.2, 0.25) is 0 Å². The van der Waals surface area contributed by atoms with Crippen molar-refractivity contribution >= 4 is 5.97 Å². The molecule has 0 heterocycles. The molecule has 0 aliphatic rings. The van der Waals surface area contributed by atoms with Crippen molar-refractivity contribution in [3.05, 3.63) is 42.0 Å². The number of benzene rings is 1. The fourth-order valence-corrected chi connectivity index (χ4v) is 3.03. The van der Waals surface area contributed by atoms with Crippen LogP contribution in [0.5, 0.6) is 5.75 Å². The fourth-order valence-electron chi connectivity index (χ4n) is 3.03. The highest BCUT2D eigenvalue weighted by Crippen LogP contribution is 2.13. The third-order valence-corrected chi connectivity index (χ3v) is 5.01. The zero-order valence-electron chi connectivity index (χ0n) is 20.1. The van der Waals surface area contributed by atoms with Gasteiger partial charge in [-0.2, -0.15) is 0 Å². The molecule has 0 atom stereocenters. The third kappa shape index (κ3) is 15.2. The summed E-state index contributed by atoms with van der Waals surface area (Å²) in [6.07, 6.45) is 13.9. The summed E-state index contributed by atoms with van der Waals surface area (Å²) < 4.78 is 10.9. The Morgan fingerprint density at radius 1 is 0.844 bits per heavy atom. The first-order valence-corrected chi connectivity index (χ1v) is 12.2. The van der Waals surface area contributed by atoms with Gasteiger partial charge < -0.3 is 9.47 Å². The Kier molecular flexibility index (Phi) is 16.3. The second kappa shape index (κ2) is 19.1. The molecule has 0 N–H and O–H groups in total. The molecule has 0 fully saturated rings. The summed E-state index contributed by atoms with van der Waals surface area (Å²) in [6, 6.07) is 7.93. The van der Waals surface area contributed by atoms with Crippen LogP contribution in [-0.4, -0.2) is 19.2 Å². The van der Waals surface area contributed by atoms with E-state index < -0.39 is 0 Å². The molecule has 0 spiro atoms. The Bertz CT molecular complexity index is 769. The van der Waals surface area contributed by atoms with Gasteiger partial charge in [0.15, 0.2) is 0 Å². The summed E-state index contributed by atoms with van der Waals surface area (Å²) >= 11 is 0. The van der Waals surface area contributed by atoms with Crippen molar-refractivity contribution in [1.29, 1.82) is 0 Å². The minimum Gasteiger partial charge on any atom is -0.494 e. The van der Waals surface area contributed by atoms with E-state index in [1.54, 1.807) is 6.92 Å². The number of ether oxygens (including phenoxy) is 2. The Balaban J connectivity index is 1.97. The van der Waals surface area contributed by atoms with E-state index in [9.17, 15) is 4.79 Å². The lowest BCUT2D eigenvalue weighted by atomic mass is 10.1. The molecule has 0 amide bonds. The molecule has 0 aromatic heterocycles. The second-order valence-corrected chi connectivity index (χ2v) is 8.13. The van der Waals surface area contributed by atoms with Crippen LogP contribution in [-0.2, 0) is 9.53 Å². The maximum absolute atomic E-state index is 11.2. The quantitative estimate of drug-likeness (QED) is 0.119. The summed E-state index contributed by atoms with van der Waals surface area (Å²) in [5.41, 5.74) is 1.44. The van der Waals surface area contributed by atoms with Crippen molar-refractivity contribution in [3.63, 3.8) is 0 Å². The molecular formula is C29H40O3. The molecule has 174 valence electrons. The Morgan fingerprint density at radius 3 is 2.03 bits per heavy atom. The Labute approximate surface area is 196 Å². The van der Waals surface area contributed by atoms with E-state index in [2.05, 4.69) is 37.2 Å². The lowest BCUT2D eigenvalue weighted by Gasteiger charge is -2.06. The highest BCUT2D eigenvalue weighted by atomic mass is 16.5. The topological polar surface area (TPSA) is 35.5 Å². The van der Waals surface area contributed by atoms with Gasteiger partial charge in [-0.05, 0) is 62.3 Å². The zero-order chi connectivity index (χ0) is 23.3. The monoisotopic (exact) mass is 436 g/mol. The minimum atomic E-state index is -0.279. The van der Waals surface area contributed by atoms with Gasteiger partial charge in [-0.3, -0.25) is 0 Å². The highest BCUT2D eigenvalue weighted by Gasteiger charge is 2.01. The average Bonchev–Trinajstić information content (AvgIpc) is 2.79. The van der Waals surface area contributed by atoms with Crippen molar-refractivity contribution in [2.75, 3.05) is 13.2 Å². The van der Waals surface area contributed by atoms with E-state index in [4.69, 9.17) is 9.47 Å². The second-order valence-electron chi connectivity index (χ2n) is 8.13. The van der Waals surface area contributed by atoms with E-state index in [-0.39, 0.29) is 5.97 Å². The van der Waals surface area contributed by atoms with Crippen molar-refractivity contribution < 1.29 is 14.3 Å². The van der Waals surface area contributed by atoms with Crippen LogP contribution < -0.4 is 4.74 Å². The molecule has 0 saturated carbocycles. The standard InChI is InChI=1S/C29H40O3/c1-4-5-6-7-13-16-19-27-20-22-28(23-21-27)31-24-17-14-11-9-8-10-12-15-18-25-32-29(30)26(2)3/h20-23H,2,4-6,8-12,14-15,17-18,24-25H2,1,3H3. The summed E-state index contributed by atoms with van der Waals surface area (Å²) in [6.45, 7) is 8.69. The predicted molar refractivity (Wildman–Crippen MR) is 133 cm³/mol. The largest absolute Gasteiger partial charge is 0.494 e. The van der Waals surface area contributed by atoms with E-state index in [0.29, 0.717) is 12.2 Å². The van der Waals surface area contributed by atoms with Crippen LogP contribution in [0.1, 0.15) is 96.5 Å². The zero-order valence-corrected chi connectivity index (χ0v) is 20.1. The van der Waals surface area contributed by atoms with Crippen LogP contribution in [0, 0.1) is 23.7 Å².